The van der Waals surface area contributed by atoms with Crippen LogP contribution in [0.5, 0.6) is 0 Å². The molecule has 0 unspecified atom stereocenters. The molecule has 0 aromatic rings. The van der Waals surface area contributed by atoms with Crippen LogP contribution in [-0.4, -0.2) is 13.1 Å². The second-order valence-electron chi connectivity index (χ2n) is 3.99. The molecule has 0 aromatic heterocycles. The Morgan fingerprint density at radius 3 is 2.82 bits per heavy atom. The third-order valence-electron chi connectivity index (χ3n) is 3.12. The number of nitrogens with one attached hydrogen (secondary N) is 1. The Bertz CT molecular complexity index is 154. The molecule has 1 aliphatic heterocycles. The van der Waals surface area contributed by atoms with Crippen molar-refractivity contribution in [3.63, 3.8) is 0 Å². The molecule has 2 aliphatic rings. The normalized spacial score (nSPS) is 37.8. The van der Waals surface area contributed by atoms with Crippen LogP contribution in [0.4, 0.5) is 0 Å². The van der Waals surface area contributed by atoms with E-state index in [2.05, 4.69) is 17.5 Å². The Morgan fingerprint density at radius 2 is 2.18 bits per heavy atom. The number of allylic oxidation sites excluding steroid dienone is 2. The largest absolute Gasteiger partial charge is 0.316 e. The van der Waals surface area contributed by atoms with Crippen molar-refractivity contribution in [2.75, 3.05) is 13.1 Å². The molecule has 1 N–H and O–H groups in total. The lowest BCUT2D eigenvalue weighted by Gasteiger charge is -2.38. The molecule has 1 nitrogen and oxygen atoms in total. The van der Waals surface area contributed by atoms with Gasteiger partial charge >= 0.3 is 0 Å². The van der Waals surface area contributed by atoms with E-state index >= 15 is 0 Å². The quantitative estimate of drug-likeness (QED) is 0.523. The van der Waals surface area contributed by atoms with Crippen LogP contribution >= 0.6 is 0 Å². The zero-order valence-corrected chi connectivity index (χ0v) is 7.10. The van der Waals surface area contributed by atoms with Crippen LogP contribution in [0, 0.1) is 5.41 Å². The fourth-order valence-electron chi connectivity index (χ4n) is 2.36. The van der Waals surface area contributed by atoms with Crippen LogP contribution in [0.25, 0.3) is 0 Å². The lowest BCUT2D eigenvalue weighted by Crippen LogP contribution is -2.40. The molecule has 1 saturated heterocycles. The summed E-state index contributed by atoms with van der Waals surface area (Å²) >= 11 is 0. The van der Waals surface area contributed by atoms with E-state index in [1.54, 1.807) is 0 Å². The molecule has 0 bridgehead atoms. The van der Waals surface area contributed by atoms with E-state index in [-0.39, 0.29) is 0 Å². The van der Waals surface area contributed by atoms with Crippen molar-refractivity contribution in [2.24, 2.45) is 5.41 Å². The highest BCUT2D eigenvalue weighted by molar-refractivity contribution is 4.99. The van der Waals surface area contributed by atoms with E-state index in [1.165, 1.54) is 45.2 Å². The van der Waals surface area contributed by atoms with Gasteiger partial charge in [0.2, 0.25) is 0 Å². The van der Waals surface area contributed by atoms with E-state index in [0.29, 0.717) is 5.41 Å². The summed E-state index contributed by atoms with van der Waals surface area (Å²) in [6, 6.07) is 0. The van der Waals surface area contributed by atoms with Crippen LogP contribution in [0.1, 0.15) is 32.1 Å². The fourth-order valence-corrected chi connectivity index (χ4v) is 2.36. The van der Waals surface area contributed by atoms with Gasteiger partial charge in [-0.3, -0.25) is 0 Å². The lowest BCUT2D eigenvalue weighted by molar-refractivity contribution is 0.189. The van der Waals surface area contributed by atoms with Crippen molar-refractivity contribution in [2.45, 2.75) is 32.1 Å². The number of rotatable bonds is 0. The van der Waals surface area contributed by atoms with Gasteiger partial charge in [0.25, 0.3) is 0 Å². The lowest BCUT2D eigenvalue weighted by atomic mass is 9.72. The summed E-state index contributed by atoms with van der Waals surface area (Å²) in [5.74, 6) is 0. The highest BCUT2D eigenvalue weighted by atomic mass is 14.9. The monoisotopic (exact) mass is 151 g/mol. The van der Waals surface area contributed by atoms with Crippen LogP contribution in [0.3, 0.4) is 0 Å². The van der Waals surface area contributed by atoms with Crippen LogP contribution < -0.4 is 5.32 Å². The van der Waals surface area contributed by atoms with E-state index in [1.807, 2.05) is 0 Å². The molecular weight excluding hydrogens is 134 g/mol. The maximum atomic E-state index is 3.51. The molecule has 1 fully saturated rings. The van der Waals surface area contributed by atoms with Crippen LogP contribution in [0.2, 0.25) is 0 Å². The van der Waals surface area contributed by atoms with Gasteiger partial charge in [-0.1, -0.05) is 12.2 Å². The average Bonchev–Trinajstić information content (AvgIpc) is 2.07. The van der Waals surface area contributed by atoms with E-state index < -0.39 is 0 Å². The molecular formula is C10H17N. The van der Waals surface area contributed by atoms with Crippen molar-refractivity contribution >= 4 is 0 Å². The summed E-state index contributed by atoms with van der Waals surface area (Å²) in [6.45, 7) is 2.50. The molecule has 0 aromatic carbocycles. The Morgan fingerprint density at radius 1 is 1.18 bits per heavy atom. The second-order valence-corrected chi connectivity index (χ2v) is 3.99. The Labute approximate surface area is 68.9 Å². The van der Waals surface area contributed by atoms with Crippen molar-refractivity contribution in [1.29, 1.82) is 0 Å². The highest BCUT2D eigenvalue weighted by Crippen LogP contribution is 2.37. The zero-order chi connectivity index (χ0) is 7.57. The molecule has 1 atom stereocenters. The Kier molecular flexibility index (Phi) is 1.99. The van der Waals surface area contributed by atoms with Crippen molar-refractivity contribution in [3.8, 4) is 0 Å². The Balaban J connectivity index is 2.01. The van der Waals surface area contributed by atoms with Crippen molar-refractivity contribution < 1.29 is 0 Å². The van der Waals surface area contributed by atoms with Gasteiger partial charge in [-0.25, -0.2) is 0 Å². The third-order valence-corrected chi connectivity index (χ3v) is 3.12. The minimum absolute atomic E-state index is 0.660. The van der Waals surface area contributed by atoms with Gasteiger partial charge in [0, 0.05) is 6.54 Å². The highest BCUT2D eigenvalue weighted by Gasteiger charge is 2.31. The molecule has 11 heavy (non-hydrogen) atoms. The molecule has 0 radical (unpaired) electrons. The van der Waals surface area contributed by atoms with Gasteiger partial charge < -0.3 is 5.32 Å². The van der Waals surface area contributed by atoms with Crippen molar-refractivity contribution in [3.05, 3.63) is 12.2 Å². The third kappa shape index (κ3) is 1.48. The molecule has 1 spiro atoms. The summed E-state index contributed by atoms with van der Waals surface area (Å²) in [6.07, 6.45) is 11.6. The van der Waals surface area contributed by atoms with Gasteiger partial charge in [-0.15, -0.1) is 0 Å². The fraction of sp³-hybridized carbons (Fsp3) is 0.800. The first-order valence-electron chi connectivity index (χ1n) is 4.77. The van der Waals surface area contributed by atoms with Gasteiger partial charge in [0.05, 0.1) is 0 Å². The molecule has 2 rings (SSSR count). The minimum atomic E-state index is 0.660. The van der Waals surface area contributed by atoms with Gasteiger partial charge in [-0.05, 0) is 44.1 Å². The predicted molar refractivity (Wildman–Crippen MR) is 47.5 cm³/mol. The zero-order valence-electron chi connectivity index (χ0n) is 7.10. The summed E-state index contributed by atoms with van der Waals surface area (Å²) in [7, 11) is 0. The maximum Gasteiger partial charge on any atom is 0.00109 e. The summed E-state index contributed by atoms with van der Waals surface area (Å²) in [5.41, 5.74) is 0.660. The van der Waals surface area contributed by atoms with E-state index in [4.69, 9.17) is 0 Å². The molecule has 62 valence electrons. The maximum absolute atomic E-state index is 3.51. The summed E-state index contributed by atoms with van der Waals surface area (Å²) in [5, 5.41) is 3.51. The number of hydrogen-bond donors (Lipinski definition) is 1. The summed E-state index contributed by atoms with van der Waals surface area (Å²) in [4.78, 5) is 0. The number of hydrogen-bond acceptors (Lipinski definition) is 1. The standard InChI is InChI=1S/C10H17N/c1-2-5-10(6-3-1)7-4-8-11-9-10/h1-2,11H,3-9H2/t10-/m1/s1. The van der Waals surface area contributed by atoms with E-state index in [9.17, 15) is 0 Å². The first kappa shape index (κ1) is 7.35. The molecule has 1 heteroatoms. The smallest absolute Gasteiger partial charge is 0.00109 e. The molecule has 1 aliphatic carbocycles. The molecule has 0 amide bonds. The SMILES string of the molecule is C1=CC[C@@]2(CC1)CCCNC2. The van der Waals surface area contributed by atoms with Crippen LogP contribution in [-0.2, 0) is 0 Å². The average molecular weight is 151 g/mol. The topological polar surface area (TPSA) is 12.0 Å². The van der Waals surface area contributed by atoms with Gasteiger partial charge in [0.1, 0.15) is 0 Å². The molecule has 0 saturated carbocycles. The predicted octanol–water partition coefficient (Wildman–Crippen LogP) is 2.10. The second kappa shape index (κ2) is 2.98. The first-order valence-corrected chi connectivity index (χ1v) is 4.77. The van der Waals surface area contributed by atoms with Crippen LogP contribution in [0.15, 0.2) is 12.2 Å². The van der Waals surface area contributed by atoms with E-state index in [0.717, 1.165) is 0 Å². The Hall–Kier alpha value is -0.300. The van der Waals surface area contributed by atoms with Crippen molar-refractivity contribution in [1.82, 2.24) is 5.32 Å². The first-order chi connectivity index (χ1) is 5.41. The minimum Gasteiger partial charge on any atom is -0.316 e. The molecule has 1 heterocycles. The number of piperidine rings is 1. The van der Waals surface area contributed by atoms with Gasteiger partial charge in [-0.2, -0.15) is 0 Å². The van der Waals surface area contributed by atoms with Gasteiger partial charge in [0.15, 0.2) is 0 Å². The summed E-state index contributed by atoms with van der Waals surface area (Å²) < 4.78 is 0.